The molecule has 5 N–H and O–H groups in total. The van der Waals surface area contributed by atoms with Crippen molar-refractivity contribution in [2.75, 3.05) is 0 Å². The maximum Gasteiger partial charge on any atom is 0.324 e. The molecule has 0 saturated heterocycles. The van der Waals surface area contributed by atoms with E-state index in [2.05, 4.69) is 11.5 Å². The number of hydrogen-bond donors (Lipinski definition) is 3. The first-order valence-corrected chi connectivity index (χ1v) is 2.38. The normalized spacial score (nSPS) is 15.8. The highest BCUT2D eigenvalue weighted by molar-refractivity contribution is 5.87. The largest absolute Gasteiger partial charge is 0.480 e. The topological polar surface area (TPSA) is 106 Å². The summed E-state index contributed by atoms with van der Waals surface area (Å²) >= 11 is 0. The Morgan fingerprint density at radius 3 is 2.00 bits per heavy atom. The lowest BCUT2D eigenvalue weighted by Crippen LogP contribution is -2.46. The van der Waals surface area contributed by atoms with E-state index in [0.717, 1.165) is 0 Å². The molecule has 0 aliphatic rings. The molecule has 0 spiro atoms. The molecule has 58 valence electrons. The molecule has 0 bridgehead atoms. The molecule has 0 rings (SSSR count). The van der Waals surface area contributed by atoms with Gasteiger partial charge in [-0.15, -0.1) is 0 Å². The lowest BCUT2D eigenvalue weighted by Gasteiger charge is -2.07. The third-order valence-corrected chi connectivity index (χ3v) is 0.872. The minimum atomic E-state index is -2.32. The highest BCUT2D eigenvalue weighted by Crippen LogP contribution is 1.94. The minimum Gasteiger partial charge on any atom is -0.480 e. The molecule has 6 heteroatoms. The number of carboxylic acid groups (broad SMARTS) is 1. The Bertz CT molecular complexity index is 143. The summed E-state index contributed by atoms with van der Waals surface area (Å²) in [5.74, 6) is -2.96. The van der Waals surface area contributed by atoms with Gasteiger partial charge in [0.25, 0.3) is 5.91 Å². The summed E-state index contributed by atoms with van der Waals surface area (Å²) in [6, 6.07) is -1.86. The predicted octanol–water partition coefficient (Wildman–Crippen LogP) is -1.78. The van der Waals surface area contributed by atoms with Gasteiger partial charge in [0.15, 0.2) is 0 Å². The Hall–Kier alpha value is -1.17. The number of alkyl halides is 1. The number of nitrogens with two attached hydrogens (primary N) is 2. The van der Waals surface area contributed by atoms with E-state index in [0.29, 0.717) is 0 Å². The van der Waals surface area contributed by atoms with Gasteiger partial charge in [-0.3, -0.25) is 9.59 Å². The fourth-order valence-electron chi connectivity index (χ4n) is 0.302. The molecule has 0 saturated carbocycles. The average Bonchev–Trinajstić information content (AvgIpc) is 1.84. The number of hydrogen-bond acceptors (Lipinski definition) is 3. The second kappa shape index (κ2) is 3.11. The Morgan fingerprint density at radius 1 is 1.50 bits per heavy atom. The van der Waals surface area contributed by atoms with Crippen molar-refractivity contribution in [3.63, 3.8) is 0 Å². The summed E-state index contributed by atoms with van der Waals surface area (Å²) in [4.78, 5) is 19.8. The molecular formula is C4H7FN2O3. The highest BCUT2D eigenvalue weighted by Gasteiger charge is 2.28. The van der Waals surface area contributed by atoms with Crippen LogP contribution in [0.2, 0.25) is 0 Å². The average molecular weight is 150 g/mol. The van der Waals surface area contributed by atoms with Crippen LogP contribution in [0, 0.1) is 0 Å². The Kier molecular flexibility index (Phi) is 2.75. The van der Waals surface area contributed by atoms with Gasteiger partial charge in [-0.1, -0.05) is 0 Å². The van der Waals surface area contributed by atoms with Crippen molar-refractivity contribution in [1.82, 2.24) is 0 Å². The van der Waals surface area contributed by atoms with E-state index in [9.17, 15) is 14.0 Å². The Morgan fingerprint density at radius 2 is 1.90 bits per heavy atom. The maximum absolute atomic E-state index is 12.2. The number of carbonyl (C=O) groups is 2. The van der Waals surface area contributed by atoms with Crippen molar-refractivity contribution in [3.05, 3.63) is 0 Å². The van der Waals surface area contributed by atoms with Crippen LogP contribution in [-0.2, 0) is 9.59 Å². The van der Waals surface area contributed by atoms with E-state index in [1.54, 1.807) is 0 Å². The third kappa shape index (κ3) is 1.98. The first-order chi connectivity index (χ1) is 4.46. The second-order valence-corrected chi connectivity index (χ2v) is 1.67. The van der Waals surface area contributed by atoms with Crippen molar-refractivity contribution < 1.29 is 19.1 Å². The molecule has 0 aromatic heterocycles. The smallest absolute Gasteiger partial charge is 0.324 e. The fraction of sp³-hybridized carbons (Fsp3) is 0.500. The number of aliphatic carboxylic acids is 1. The molecule has 0 radical (unpaired) electrons. The lowest BCUT2D eigenvalue weighted by atomic mass is 10.2. The standard InChI is InChI=1S/C4H7FN2O3/c5-1(3(7)8)2(6)4(9)10/h1-2H,6H2,(H2,7,8)(H,9,10)/t1-,2-/m0/s1. The number of amides is 1. The summed E-state index contributed by atoms with van der Waals surface area (Å²) in [6.07, 6.45) is -2.32. The molecule has 0 heterocycles. The van der Waals surface area contributed by atoms with Crippen LogP contribution in [0.25, 0.3) is 0 Å². The summed E-state index contributed by atoms with van der Waals surface area (Å²) in [7, 11) is 0. The first kappa shape index (κ1) is 8.83. The van der Waals surface area contributed by atoms with Gasteiger partial charge < -0.3 is 16.6 Å². The van der Waals surface area contributed by atoms with Crippen molar-refractivity contribution in [3.8, 4) is 0 Å². The third-order valence-electron chi connectivity index (χ3n) is 0.872. The predicted molar refractivity (Wildman–Crippen MR) is 29.7 cm³/mol. The zero-order valence-electron chi connectivity index (χ0n) is 4.95. The van der Waals surface area contributed by atoms with Gasteiger partial charge in [0, 0.05) is 0 Å². The molecular weight excluding hydrogens is 143 g/mol. The summed E-state index contributed by atoms with van der Waals surface area (Å²) in [5.41, 5.74) is 9.10. The van der Waals surface area contributed by atoms with Crippen molar-refractivity contribution in [2.45, 2.75) is 12.2 Å². The summed E-state index contributed by atoms with van der Waals surface area (Å²) < 4.78 is 12.2. The number of carbonyl (C=O) groups excluding carboxylic acids is 1. The van der Waals surface area contributed by atoms with Gasteiger partial charge in [0.2, 0.25) is 6.17 Å². The Balaban J connectivity index is 4.07. The van der Waals surface area contributed by atoms with Gasteiger partial charge in [0.1, 0.15) is 6.04 Å². The zero-order valence-corrected chi connectivity index (χ0v) is 4.95. The molecule has 0 aliphatic carbocycles. The van der Waals surface area contributed by atoms with Crippen LogP contribution >= 0.6 is 0 Å². The van der Waals surface area contributed by atoms with Crippen LogP contribution in [0.15, 0.2) is 0 Å². The molecule has 0 aliphatic heterocycles. The van der Waals surface area contributed by atoms with Crippen LogP contribution in [0.5, 0.6) is 0 Å². The van der Waals surface area contributed by atoms with Crippen LogP contribution in [0.1, 0.15) is 0 Å². The molecule has 0 fully saturated rings. The first-order valence-electron chi connectivity index (χ1n) is 2.38. The van der Waals surface area contributed by atoms with Gasteiger partial charge in [-0.25, -0.2) is 4.39 Å². The van der Waals surface area contributed by atoms with E-state index >= 15 is 0 Å². The summed E-state index contributed by atoms with van der Waals surface area (Å²) in [6.45, 7) is 0. The monoisotopic (exact) mass is 150 g/mol. The molecule has 5 nitrogen and oxygen atoms in total. The van der Waals surface area contributed by atoms with Gasteiger partial charge >= 0.3 is 5.97 Å². The molecule has 0 unspecified atom stereocenters. The van der Waals surface area contributed by atoms with E-state index < -0.39 is 24.1 Å². The van der Waals surface area contributed by atoms with E-state index in [1.165, 1.54) is 0 Å². The van der Waals surface area contributed by atoms with Crippen molar-refractivity contribution in [2.24, 2.45) is 11.5 Å². The van der Waals surface area contributed by atoms with Gasteiger partial charge in [0.05, 0.1) is 0 Å². The fourth-order valence-corrected chi connectivity index (χ4v) is 0.302. The highest BCUT2D eigenvalue weighted by atomic mass is 19.1. The SMILES string of the molecule is NC(=O)[C@@H](F)[C@H](N)C(=O)O. The van der Waals surface area contributed by atoms with Crippen molar-refractivity contribution in [1.29, 1.82) is 0 Å². The molecule has 0 aromatic rings. The molecule has 10 heavy (non-hydrogen) atoms. The zero-order chi connectivity index (χ0) is 8.31. The maximum atomic E-state index is 12.2. The van der Waals surface area contributed by atoms with Crippen LogP contribution in [0.4, 0.5) is 4.39 Å². The second-order valence-electron chi connectivity index (χ2n) is 1.67. The lowest BCUT2D eigenvalue weighted by molar-refractivity contribution is -0.142. The van der Waals surface area contributed by atoms with Gasteiger partial charge in [-0.05, 0) is 0 Å². The number of halogens is 1. The summed E-state index contributed by atoms with van der Waals surface area (Å²) in [5, 5.41) is 8.03. The number of primary amides is 1. The van der Waals surface area contributed by atoms with Crippen LogP contribution in [-0.4, -0.2) is 29.2 Å². The molecule has 0 aromatic carbocycles. The quantitative estimate of drug-likeness (QED) is 0.442. The molecule has 2 atom stereocenters. The number of carboxylic acids is 1. The van der Waals surface area contributed by atoms with E-state index in [4.69, 9.17) is 5.11 Å². The number of rotatable bonds is 3. The minimum absolute atomic E-state index is 1.37. The molecule has 1 amide bonds. The van der Waals surface area contributed by atoms with E-state index in [-0.39, 0.29) is 0 Å². The van der Waals surface area contributed by atoms with Gasteiger partial charge in [-0.2, -0.15) is 0 Å². The van der Waals surface area contributed by atoms with Crippen LogP contribution in [0.3, 0.4) is 0 Å². The van der Waals surface area contributed by atoms with Crippen molar-refractivity contribution >= 4 is 11.9 Å². The Labute approximate surface area is 55.8 Å². The van der Waals surface area contributed by atoms with Crippen LogP contribution < -0.4 is 11.5 Å². The van der Waals surface area contributed by atoms with E-state index in [1.807, 2.05) is 0 Å².